The molecule has 3 N–H and O–H groups in total. The van der Waals surface area contributed by atoms with Crippen LogP contribution >= 0.6 is 12.0 Å². The Labute approximate surface area is 171 Å². The number of benzene rings is 2. The lowest BCUT2D eigenvalue weighted by molar-refractivity contribution is -0.432. The second-order valence-corrected chi connectivity index (χ2v) is 5.53. The SMILES string of the molecule is CC.CC(=O)O.CSOOO.O=c1[nH]c2ccccc2c2nc3ccccc3n12. The largest absolute Gasteiger partial charge is 0.481 e. The molecule has 0 aliphatic carbocycles. The van der Waals surface area contributed by atoms with Gasteiger partial charge in [0, 0.05) is 30.6 Å². The molecule has 10 heteroatoms. The Balaban J connectivity index is 0.000000324. The van der Waals surface area contributed by atoms with Gasteiger partial charge in [0.15, 0.2) is 5.65 Å². The average molecular weight is 421 g/mol. The highest BCUT2D eigenvalue weighted by atomic mass is 32.2. The molecule has 0 aliphatic heterocycles. The van der Waals surface area contributed by atoms with Gasteiger partial charge in [0.2, 0.25) is 0 Å². The minimum absolute atomic E-state index is 0.155. The maximum atomic E-state index is 12.1. The van der Waals surface area contributed by atoms with Crippen LogP contribution in [0.4, 0.5) is 0 Å². The van der Waals surface area contributed by atoms with Crippen molar-refractivity contribution in [2.45, 2.75) is 20.8 Å². The summed E-state index contributed by atoms with van der Waals surface area (Å²) < 4.78 is 5.43. The molecule has 2 aromatic heterocycles. The molecule has 2 aromatic carbocycles. The quantitative estimate of drug-likeness (QED) is 0.250. The highest BCUT2D eigenvalue weighted by Gasteiger charge is 2.09. The van der Waals surface area contributed by atoms with Crippen LogP contribution in [0.5, 0.6) is 0 Å². The van der Waals surface area contributed by atoms with Gasteiger partial charge in [-0.15, -0.1) is 4.33 Å². The zero-order valence-electron chi connectivity index (χ0n) is 16.4. The van der Waals surface area contributed by atoms with Crippen molar-refractivity contribution in [2.24, 2.45) is 0 Å². The Kier molecular flexibility index (Phi) is 10.4. The monoisotopic (exact) mass is 421 g/mol. The first-order chi connectivity index (χ1) is 14.0. The van der Waals surface area contributed by atoms with E-state index in [4.69, 9.17) is 15.2 Å². The van der Waals surface area contributed by atoms with Crippen LogP contribution in [0.2, 0.25) is 0 Å². The van der Waals surface area contributed by atoms with Crippen molar-refractivity contribution in [3.05, 3.63) is 59.0 Å². The lowest BCUT2D eigenvalue weighted by Gasteiger charge is -1.99. The Hall–Kier alpha value is -2.92. The third kappa shape index (κ3) is 6.57. The lowest BCUT2D eigenvalue weighted by atomic mass is 10.2. The number of carboxylic acid groups (broad SMARTS) is 1. The predicted octanol–water partition coefficient (Wildman–Crippen LogP) is 4.13. The summed E-state index contributed by atoms with van der Waals surface area (Å²) in [6.45, 7) is 5.08. The van der Waals surface area contributed by atoms with E-state index >= 15 is 0 Å². The number of aromatic amines is 1. The Bertz CT molecular complexity index is 1100. The first-order valence-corrected chi connectivity index (χ1v) is 9.73. The molecule has 2 heterocycles. The van der Waals surface area contributed by atoms with Crippen molar-refractivity contribution in [3.8, 4) is 0 Å². The summed E-state index contributed by atoms with van der Waals surface area (Å²) in [6, 6.07) is 15.3. The number of fused-ring (bicyclic) bond motifs is 5. The number of nitrogens with zero attached hydrogens (tertiary/aromatic N) is 2. The van der Waals surface area contributed by atoms with Crippen molar-refractivity contribution in [1.29, 1.82) is 0 Å². The molecule has 0 radical (unpaired) electrons. The van der Waals surface area contributed by atoms with E-state index in [2.05, 4.69) is 19.3 Å². The average Bonchev–Trinajstić information content (AvgIpc) is 3.11. The van der Waals surface area contributed by atoms with Crippen LogP contribution in [0.25, 0.3) is 27.6 Å². The van der Waals surface area contributed by atoms with E-state index in [9.17, 15) is 4.79 Å². The highest BCUT2D eigenvalue weighted by Crippen LogP contribution is 2.20. The van der Waals surface area contributed by atoms with Gasteiger partial charge in [-0.25, -0.2) is 19.4 Å². The first kappa shape index (κ1) is 24.1. The van der Waals surface area contributed by atoms with Crippen LogP contribution in [0.1, 0.15) is 20.8 Å². The van der Waals surface area contributed by atoms with E-state index < -0.39 is 5.97 Å². The fourth-order valence-corrected chi connectivity index (χ4v) is 2.46. The highest BCUT2D eigenvalue weighted by molar-refractivity contribution is 7.93. The van der Waals surface area contributed by atoms with E-state index in [-0.39, 0.29) is 5.69 Å². The summed E-state index contributed by atoms with van der Waals surface area (Å²) in [5, 5.41) is 18.8. The number of H-pyrrole nitrogens is 1. The summed E-state index contributed by atoms with van der Waals surface area (Å²) in [5.41, 5.74) is 3.03. The van der Waals surface area contributed by atoms with Crippen molar-refractivity contribution >= 4 is 45.6 Å². The van der Waals surface area contributed by atoms with Gasteiger partial charge in [-0.1, -0.05) is 43.2 Å². The van der Waals surface area contributed by atoms with E-state index in [1.165, 1.54) is 0 Å². The molecule has 0 unspecified atom stereocenters. The topological polar surface area (TPSA) is 126 Å². The van der Waals surface area contributed by atoms with Crippen LogP contribution in [0, 0.1) is 0 Å². The van der Waals surface area contributed by atoms with Crippen LogP contribution in [-0.2, 0) is 14.2 Å². The van der Waals surface area contributed by atoms with Crippen LogP contribution in [0.3, 0.4) is 0 Å². The van der Waals surface area contributed by atoms with E-state index in [1.54, 1.807) is 10.7 Å². The predicted molar refractivity (Wildman–Crippen MR) is 114 cm³/mol. The fraction of sp³-hybridized carbons (Fsp3) is 0.211. The summed E-state index contributed by atoms with van der Waals surface area (Å²) in [6.07, 6.45) is 1.62. The zero-order valence-corrected chi connectivity index (χ0v) is 17.3. The second kappa shape index (κ2) is 12.5. The maximum absolute atomic E-state index is 12.1. The fourth-order valence-electron chi connectivity index (χ4n) is 2.40. The molecule has 9 nitrogen and oxygen atoms in total. The molecule has 0 saturated heterocycles. The van der Waals surface area contributed by atoms with Gasteiger partial charge in [0.05, 0.1) is 16.6 Å². The van der Waals surface area contributed by atoms with Crippen molar-refractivity contribution in [2.75, 3.05) is 6.26 Å². The molecule has 156 valence electrons. The van der Waals surface area contributed by atoms with Gasteiger partial charge in [-0.3, -0.25) is 4.79 Å². The summed E-state index contributed by atoms with van der Waals surface area (Å²) in [7, 11) is 0. The van der Waals surface area contributed by atoms with Gasteiger partial charge in [0.1, 0.15) is 0 Å². The molecule has 29 heavy (non-hydrogen) atoms. The van der Waals surface area contributed by atoms with Gasteiger partial charge in [-0.2, -0.15) is 0 Å². The third-order valence-electron chi connectivity index (χ3n) is 3.27. The molecule has 4 aromatic rings. The first-order valence-electron chi connectivity index (χ1n) is 8.58. The number of hydrogen-bond donors (Lipinski definition) is 3. The maximum Gasteiger partial charge on any atom is 0.332 e. The smallest absolute Gasteiger partial charge is 0.332 e. The normalized spacial score (nSPS) is 9.69. The summed E-state index contributed by atoms with van der Waals surface area (Å²) in [5.74, 6) is -0.833. The Morgan fingerprint density at radius 1 is 1.14 bits per heavy atom. The molecule has 0 atom stereocenters. The summed E-state index contributed by atoms with van der Waals surface area (Å²) >= 11 is 0.929. The Morgan fingerprint density at radius 3 is 2.31 bits per heavy atom. The number of hydrogen-bond acceptors (Lipinski definition) is 7. The Morgan fingerprint density at radius 2 is 1.72 bits per heavy atom. The minimum Gasteiger partial charge on any atom is -0.481 e. The number of aliphatic carboxylic acids is 1. The van der Waals surface area contributed by atoms with Gasteiger partial charge in [0.25, 0.3) is 5.97 Å². The minimum atomic E-state index is -0.833. The molecular weight excluding hydrogens is 398 g/mol. The molecular formula is C19H23N3O6S. The van der Waals surface area contributed by atoms with E-state index in [0.29, 0.717) is 5.65 Å². The number of para-hydroxylation sites is 3. The molecule has 0 spiro atoms. The number of imidazole rings is 1. The van der Waals surface area contributed by atoms with Crippen LogP contribution in [-0.4, -0.2) is 37.0 Å². The molecule has 0 fully saturated rings. The number of nitrogens with one attached hydrogen (secondary N) is 1. The lowest BCUT2D eigenvalue weighted by Crippen LogP contribution is -2.15. The second-order valence-electron chi connectivity index (χ2n) is 5.06. The van der Waals surface area contributed by atoms with E-state index in [1.807, 2.05) is 62.4 Å². The summed E-state index contributed by atoms with van der Waals surface area (Å²) in [4.78, 5) is 28.6. The molecule has 0 bridgehead atoms. The number of carbonyl (C=O) groups is 1. The number of rotatable bonds is 2. The number of carboxylic acids is 1. The van der Waals surface area contributed by atoms with Crippen molar-refractivity contribution in [3.63, 3.8) is 0 Å². The zero-order chi connectivity index (χ0) is 21.8. The van der Waals surface area contributed by atoms with Crippen LogP contribution < -0.4 is 5.69 Å². The molecule has 0 aliphatic rings. The third-order valence-corrected chi connectivity index (χ3v) is 3.47. The molecule has 0 amide bonds. The van der Waals surface area contributed by atoms with Gasteiger partial charge >= 0.3 is 5.69 Å². The standard InChI is InChI=1S/C14H9N3O.C2H4O2.C2H6.CH4O3S/c18-14-16-10-6-2-1-5-9(10)13-15-11-7-3-4-8-12(11)17(13)14;1-2(3)4;1-2;1-5-4-3-2/h1-8H,(H,16,18);1H3,(H,3,4);1-2H3;2H,1H3. The number of aromatic nitrogens is 3. The van der Waals surface area contributed by atoms with Crippen molar-refractivity contribution < 1.29 is 24.5 Å². The van der Waals surface area contributed by atoms with Gasteiger partial charge in [-0.05, 0) is 24.3 Å². The van der Waals surface area contributed by atoms with Gasteiger partial charge < -0.3 is 10.1 Å². The van der Waals surface area contributed by atoms with E-state index in [0.717, 1.165) is 40.9 Å². The van der Waals surface area contributed by atoms with Crippen molar-refractivity contribution in [1.82, 2.24) is 14.4 Å². The van der Waals surface area contributed by atoms with Crippen LogP contribution in [0.15, 0.2) is 53.3 Å². The molecule has 0 saturated carbocycles. The molecule has 4 rings (SSSR count).